The van der Waals surface area contributed by atoms with Crippen molar-refractivity contribution in [1.29, 1.82) is 0 Å². The molecule has 1 amide bonds. The molecule has 1 aromatic carbocycles. The molecule has 2 rings (SSSR count). The van der Waals surface area contributed by atoms with Crippen molar-refractivity contribution in [2.24, 2.45) is 5.73 Å². The number of nitrogens with zero attached hydrogens (tertiary/aromatic N) is 2. The average Bonchev–Trinajstić information content (AvgIpc) is 2.48. The lowest BCUT2D eigenvalue weighted by atomic mass is 10.1. The monoisotopic (exact) mass is 309 g/mol. The van der Waals surface area contributed by atoms with E-state index in [1.807, 2.05) is 6.92 Å². The molecule has 6 heteroatoms. The van der Waals surface area contributed by atoms with Crippen molar-refractivity contribution < 1.29 is 9.18 Å². The Bertz CT molecular complexity index is 556. The van der Waals surface area contributed by atoms with Crippen LogP contribution in [0.4, 0.5) is 4.39 Å². The van der Waals surface area contributed by atoms with Gasteiger partial charge in [-0.1, -0.05) is 18.3 Å². The van der Waals surface area contributed by atoms with Crippen molar-refractivity contribution in [3.63, 3.8) is 0 Å². The molecule has 1 heterocycles. The number of piperazine rings is 1. The molecule has 1 aliphatic rings. The van der Waals surface area contributed by atoms with Crippen LogP contribution >= 0.6 is 12.2 Å². The largest absolute Gasteiger partial charge is 0.392 e. The van der Waals surface area contributed by atoms with E-state index in [0.717, 1.165) is 13.1 Å². The molecule has 0 aromatic heterocycles. The first kappa shape index (κ1) is 15.9. The Kier molecular flexibility index (Phi) is 4.90. The fourth-order valence-corrected chi connectivity index (χ4v) is 2.55. The van der Waals surface area contributed by atoms with Crippen molar-refractivity contribution in [3.8, 4) is 0 Å². The third-order valence-corrected chi connectivity index (χ3v) is 4.32. The maximum Gasteiger partial charge on any atom is 0.254 e. The molecule has 0 spiro atoms. The Morgan fingerprint density at radius 3 is 2.48 bits per heavy atom. The Morgan fingerprint density at radius 1 is 1.33 bits per heavy atom. The van der Waals surface area contributed by atoms with E-state index >= 15 is 0 Å². The number of halogens is 1. The van der Waals surface area contributed by atoms with Gasteiger partial charge in [-0.25, -0.2) is 4.39 Å². The number of nitrogens with two attached hydrogens (primary N) is 1. The molecule has 2 N–H and O–H groups in total. The topological polar surface area (TPSA) is 49.6 Å². The second-order valence-corrected chi connectivity index (χ2v) is 5.84. The Labute approximate surface area is 129 Å². The zero-order chi connectivity index (χ0) is 15.6. The molecular formula is C15H20FN3OS. The average molecular weight is 309 g/mol. The third kappa shape index (κ3) is 3.57. The summed E-state index contributed by atoms with van der Waals surface area (Å²) >= 11 is 5.00. The predicted octanol–water partition coefficient (Wildman–Crippen LogP) is 1.57. The molecule has 21 heavy (non-hydrogen) atoms. The van der Waals surface area contributed by atoms with Crippen LogP contribution in [0.1, 0.15) is 22.8 Å². The highest BCUT2D eigenvalue weighted by Gasteiger charge is 2.25. The van der Waals surface area contributed by atoms with Crippen molar-refractivity contribution in [2.45, 2.75) is 19.9 Å². The van der Waals surface area contributed by atoms with Gasteiger partial charge in [-0.3, -0.25) is 9.69 Å². The van der Waals surface area contributed by atoms with Crippen LogP contribution in [0.25, 0.3) is 0 Å². The minimum absolute atomic E-state index is 0.0362. The van der Waals surface area contributed by atoms with Crippen LogP contribution in [0.15, 0.2) is 18.2 Å². The maximum atomic E-state index is 13.6. The minimum atomic E-state index is -0.346. The summed E-state index contributed by atoms with van der Waals surface area (Å²) in [6.45, 7) is 6.29. The van der Waals surface area contributed by atoms with E-state index < -0.39 is 0 Å². The zero-order valence-corrected chi connectivity index (χ0v) is 13.1. The van der Waals surface area contributed by atoms with Crippen LogP contribution in [0.2, 0.25) is 0 Å². The number of rotatable bonds is 3. The molecule has 0 radical (unpaired) electrons. The number of amides is 1. The van der Waals surface area contributed by atoms with E-state index in [1.54, 1.807) is 24.0 Å². The zero-order valence-electron chi connectivity index (χ0n) is 12.3. The van der Waals surface area contributed by atoms with Gasteiger partial charge in [-0.2, -0.15) is 0 Å². The van der Waals surface area contributed by atoms with E-state index in [0.29, 0.717) is 29.2 Å². The Morgan fingerprint density at radius 2 is 1.95 bits per heavy atom. The number of carbonyl (C=O) groups is 1. The van der Waals surface area contributed by atoms with Crippen LogP contribution in [0, 0.1) is 12.7 Å². The minimum Gasteiger partial charge on any atom is -0.392 e. The number of hydrogen-bond donors (Lipinski definition) is 1. The second-order valence-electron chi connectivity index (χ2n) is 5.37. The van der Waals surface area contributed by atoms with Crippen LogP contribution in [0.5, 0.6) is 0 Å². The smallest absolute Gasteiger partial charge is 0.254 e. The first-order chi connectivity index (χ1) is 9.90. The lowest BCUT2D eigenvalue weighted by Gasteiger charge is -2.37. The van der Waals surface area contributed by atoms with Gasteiger partial charge in [0.1, 0.15) is 5.82 Å². The molecule has 1 aromatic rings. The van der Waals surface area contributed by atoms with Gasteiger partial charge in [0.2, 0.25) is 0 Å². The van der Waals surface area contributed by atoms with Crippen LogP contribution in [0.3, 0.4) is 0 Å². The summed E-state index contributed by atoms with van der Waals surface area (Å²) in [7, 11) is 0. The van der Waals surface area contributed by atoms with Crippen molar-refractivity contribution >= 4 is 23.1 Å². The molecule has 1 fully saturated rings. The molecule has 0 saturated carbocycles. The highest BCUT2D eigenvalue weighted by molar-refractivity contribution is 7.80. The highest BCUT2D eigenvalue weighted by Crippen LogP contribution is 2.14. The van der Waals surface area contributed by atoms with Crippen LogP contribution < -0.4 is 5.73 Å². The molecule has 114 valence electrons. The maximum absolute atomic E-state index is 13.6. The lowest BCUT2D eigenvalue weighted by molar-refractivity contribution is 0.0621. The van der Waals surface area contributed by atoms with Crippen molar-refractivity contribution in [1.82, 2.24) is 9.80 Å². The normalized spacial score (nSPS) is 17.6. The number of benzene rings is 1. The number of hydrogen-bond acceptors (Lipinski definition) is 3. The molecule has 0 aliphatic carbocycles. The molecule has 0 bridgehead atoms. The first-order valence-corrected chi connectivity index (χ1v) is 7.39. The Hall–Kier alpha value is -1.53. The number of aryl methyl sites for hydroxylation is 1. The molecular weight excluding hydrogens is 289 g/mol. The SMILES string of the molecule is Cc1ccc(C(=O)N2CCN(C(C)C(N)=S)CC2)cc1F. The molecule has 1 saturated heterocycles. The summed E-state index contributed by atoms with van der Waals surface area (Å²) in [5.74, 6) is -0.474. The molecule has 1 aliphatic heterocycles. The summed E-state index contributed by atoms with van der Waals surface area (Å²) in [6, 6.07) is 4.65. The Balaban J connectivity index is 2.00. The van der Waals surface area contributed by atoms with E-state index in [-0.39, 0.29) is 17.8 Å². The van der Waals surface area contributed by atoms with Gasteiger partial charge in [-0.15, -0.1) is 0 Å². The van der Waals surface area contributed by atoms with E-state index in [2.05, 4.69) is 4.90 Å². The van der Waals surface area contributed by atoms with Gasteiger partial charge >= 0.3 is 0 Å². The molecule has 1 unspecified atom stereocenters. The highest BCUT2D eigenvalue weighted by atomic mass is 32.1. The quantitative estimate of drug-likeness (QED) is 0.861. The van der Waals surface area contributed by atoms with Crippen LogP contribution in [-0.4, -0.2) is 52.9 Å². The summed E-state index contributed by atoms with van der Waals surface area (Å²) in [6.07, 6.45) is 0. The van der Waals surface area contributed by atoms with E-state index in [1.165, 1.54) is 6.07 Å². The second kappa shape index (κ2) is 6.49. The van der Waals surface area contributed by atoms with Crippen LogP contribution in [-0.2, 0) is 0 Å². The fourth-order valence-electron chi connectivity index (χ4n) is 2.40. The number of carbonyl (C=O) groups excluding carboxylic acids is 1. The summed E-state index contributed by atoms with van der Waals surface area (Å²) in [4.78, 5) is 16.7. The summed E-state index contributed by atoms with van der Waals surface area (Å²) < 4.78 is 13.6. The van der Waals surface area contributed by atoms with Gasteiger partial charge < -0.3 is 10.6 Å². The summed E-state index contributed by atoms with van der Waals surface area (Å²) in [5, 5.41) is 0. The van der Waals surface area contributed by atoms with E-state index in [4.69, 9.17) is 18.0 Å². The predicted molar refractivity (Wildman–Crippen MR) is 84.9 cm³/mol. The van der Waals surface area contributed by atoms with Gasteiger partial charge in [0.05, 0.1) is 11.0 Å². The van der Waals surface area contributed by atoms with Gasteiger partial charge in [0.15, 0.2) is 0 Å². The standard InChI is InChI=1S/C15H20FN3OS/c1-10-3-4-12(9-13(10)16)15(20)19-7-5-18(6-8-19)11(2)14(17)21/h3-4,9,11H,5-8H2,1-2H3,(H2,17,21). The lowest BCUT2D eigenvalue weighted by Crippen LogP contribution is -2.53. The number of thiocarbonyl (C=S) groups is 1. The third-order valence-electron chi connectivity index (χ3n) is 3.98. The summed E-state index contributed by atoms with van der Waals surface area (Å²) in [5.41, 5.74) is 6.59. The van der Waals surface area contributed by atoms with Gasteiger partial charge in [0, 0.05) is 31.7 Å². The first-order valence-electron chi connectivity index (χ1n) is 6.99. The molecule has 4 nitrogen and oxygen atoms in total. The van der Waals surface area contributed by atoms with Gasteiger partial charge in [-0.05, 0) is 31.5 Å². The van der Waals surface area contributed by atoms with E-state index in [9.17, 15) is 9.18 Å². The van der Waals surface area contributed by atoms with Gasteiger partial charge in [0.25, 0.3) is 5.91 Å². The van der Waals surface area contributed by atoms with Crippen molar-refractivity contribution in [2.75, 3.05) is 26.2 Å². The molecule has 1 atom stereocenters. The van der Waals surface area contributed by atoms with Crippen molar-refractivity contribution in [3.05, 3.63) is 35.1 Å². The fraction of sp³-hybridized carbons (Fsp3) is 0.467.